The molecular weight excluding hydrogens is 390 g/mol. The van der Waals surface area contributed by atoms with Gasteiger partial charge in [0.25, 0.3) is 0 Å². The van der Waals surface area contributed by atoms with Crippen molar-refractivity contribution in [3.05, 3.63) is 64.7 Å². The molecule has 1 fully saturated rings. The second-order valence-electron chi connectivity index (χ2n) is 8.90. The Morgan fingerprint density at radius 2 is 1.45 bits per heavy atom. The second-order valence-corrected chi connectivity index (χ2v) is 8.90. The van der Waals surface area contributed by atoms with Crippen molar-refractivity contribution in [2.24, 2.45) is 11.7 Å². The van der Waals surface area contributed by atoms with Crippen LogP contribution in [-0.2, 0) is 4.79 Å². The predicted molar refractivity (Wildman–Crippen MR) is 120 cm³/mol. The summed E-state index contributed by atoms with van der Waals surface area (Å²) in [4.78, 5) is 38.3. The van der Waals surface area contributed by atoms with E-state index in [9.17, 15) is 14.4 Å². The number of nitrogens with one attached hydrogen (secondary N) is 2. The quantitative estimate of drug-likeness (QED) is 0.589. The molecule has 0 aliphatic heterocycles. The SMILES string of the molecule is CC(C)[C@H](N)C(=O)NC1CCC(Nc2cccc3c2C(=O)c2ccccc2C3=O)CC1. The van der Waals surface area contributed by atoms with Crippen molar-refractivity contribution >= 4 is 23.2 Å². The summed E-state index contributed by atoms with van der Waals surface area (Å²) >= 11 is 0. The zero-order chi connectivity index (χ0) is 22.1. The summed E-state index contributed by atoms with van der Waals surface area (Å²) in [5, 5.41) is 6.56. The van der Waals surface area contributed by atoms with Crippen molar-refractivity contribution < 1.29 is 14.4 Å². The molecule has 0 bridgehead atoms. The molecule has 2 aromatic rings. The van der Waals surface area contributed by atoms with Crippen LogP contribution in [0.5, 0.6) is 0 Å². The van der Waals surface area contributed by atoms with Gasteiger partial charge in [-0.15, -0.1) is 0 Å². The highest BCUT2D eigenvalue weighted by Crippen LogP contribution is 2.33. The van der Waals surface area contributed by atoms with Crippen LogP contribution in [0.1, 0.15) is 71.4 Å². The summed E-state index contributed by atoms with van der Waals surface area (Å²) in [5.41, 5.74) is 8.50. The number of nitrogens with two attached hydrogens (primary N) is 1. The topological polar surface area (TPSA) is 101 Å². The molecule has 0 spiro atoms. The number of benzene rings is 2. The third-order valence-electron chi connectivity index (χ3n) is 6.41. The molecule has 2 aromatic carbocycles. The summed E-state index contributed by atoms with van der Waals surface area (Å²) < 4.78 is 0. The third kappa shape index (κ3) is 4.12. The molecule has 2 aliphatic carbocycles. The second kappa shape index (κ2) is 8.63. The van der Waals surface area contributed by atoms with Crippen molar-refractivity contribution in [2.75, 3.05) is 5.32 Å². The van der Waals surface area contributed by atoms with Crippen LogP contribution >= 0.6 is 0 Å². The minimum Gasteiger partial charge on any atom is -0.382 e. The van der Waals surface area contributed by atoms with Crippen LogP contribution in [0.3, 0.4) is 0 Å². The lowest BCUT2D eigenvalue weighted by molar-refractivity contribution is -0.124. The number of amides is 1. The zero-order valence-electron chi connectivity index (χ0n) is 18.0. The van der Waals surface area contributed by atoms with E-state index in [0.717, 1.165) is 25.7 Å². The Balaban J connectivity index is 1.45. The fraction of sp³-hybridized carbons (Fsp3) is 0.400. The number of rotatable bonds is 5. The predicted octanol–water partition coefficient (Wildman–Crippen LogP) is 3.28. The summed E-state index contributed by atoms with van der Waals surface area (Å²) in [5.74, 6) is -0.211. The number of hydrogen-bond acceptors (Lipinski definition) is 5. The monoisotopic (exact) mass is 419 g/mol. The van der Waals surface area contributed by atoms with Crippen LogP contribution in [0.4, 0.5) is 5.69 Å². The summed E-state index contributed by atoms with van der Waals surface area (Å²) in [6, 6.07) is 12.2. The lowest BCUT2D eigenvalue weighted by Gasteiger charge is -2.32. The van der Waals surface area contributed by atoms with Gasteiger partial charge in [0.05, 0.1) is 11.6 Å². The Bertz CT molecular complexity index is 1020. The van der Waals surface area contributed by atoms with Gasteiger partial charge in [-0.2, -0.15) is 0 Å². The van der Waals surface area contributed by atoms with E-state index in [1.165, 1.54) is 0 Å². The fourth-order valence-corrected chi connectivity index (χ4v) is 4.47. The van der Waals surface area contributed by atoms with E-state index in [2.05, 4.69) is 10.6 Å². The lowest BCUT2D eigenvalue weighted by atomic mass is 9.83. The van der Waals surface area contributed by atoms with E-state index >= 15 is 0 Å². The van der Waals surface area contributed by atoms with Crippen molar-refractivity contribution in [1.82, 2.24) is 5.32 Å². The van der Waals surface area contributed by atoms with Gasteiger partial charge in [-0.05, 0) is 37.7 Å². The van der Waals surface area contributed by atoms with Crippen molar-refractivity contribution in [3.8, 4) is 0 Å². The van der Waals surface area contributed by atoms with E-state index < -0.39 is 6.04 Å². The number of anilines is 1. The minimum atomic E-state index is -0.488. The molecule has 6 nitrogen and oxygen atoms in total. The Morgan fingerprint density at radius 1 is 0.871 bits per heavy atom. The number of ketones is 2. The standard InChI is InChI=1S/C25H29N3O3/c1-14(2)22(26)25(31)28-16-12-10-15(11-13-16)27-20-9-5-8-19-21(20)24(30)18-7-4-3-6-17(18)23(19)29/h3-9,14-16,22,27H,10-13,26H2,1-2H3,(H,28,31)/t15?,16?,22-/m0/s1. The molecule has 4 rings (SSSR count). The molecule has 162 valence electrons. The van der Waals surface area contributed by atoms with Gasteiger partial charge in [0.1, 0.15) is 0 Å². The maximum atomic E-state index is 13.2. The van der Waals surface area contributed by atoms with Crippen molar-refractivity contribution in [2.45, 2.75) is 57.7 Å². The molecule has 0 heterocycles. The molecule has 0 aromatic heterocycles. The molecule has 2 aliphatic rings. The van der Waals surface area contributed by atoms with Crippen molar-refractivity contribution in [3.63, 3.8) is 0 Å². The molecular formula is C25H29N3O3. The van der Waals surface area contributed by atoms with E-state index in [1.54, 1.807) is 30.3 Å². The van der Waals surface area contributed by atoms with Crippen LogP contribution in [0.15, 0.2) is 42.5 Å². The van der Waals surface area contributed by atoms with Crippen LogP contribution in [-0.4, -0.2) is 35.6 Å². The first-order valence-corrected chi connectivity index (χ1v) is 11.0. The molecule has 0 saturated heterocycles. The maximum Gasteiger partial charge on any atom is 0.237 e. The average Bonchev–Trinajstić information content (AvgIpc) is 2.78. The van der Waals surface area contributed by atoms with Crippen molar-refractivity contribution in [1.29, 1.82) is 0 Å². The zero-order valence-corrected chi connectivity index (χ0v) is 18.0. The van der Waals surface area contributed by atoms with Crippen LogP contribution < -0.4 is 16.4 Å². The molecule has 6 heteroatoms. The van der Waals surface area contributed by atoms with Gasteiger partial charge in [0.15, 0.2) is 11.6 Å². The smallest absolute Gasteiger partial charge is 0.237 e. The highest BCUT2D eigenvalue weighted by Gasteiger charge is 2.32. The number of fused-ring (bicyclic) bond motifs is 2. The number of hydrogen-bond donors (Lipinski definition) is 3. The Kier molecular flexibility index (Phi) is 5.92. The first-order valence-electron chi connectivity index (χ1n) is 11.0. The van der Waals surface area contributed by atoms with E-state index in [1.807, 2.05) is 26.0 Å². The van der Waals surface area contributed by atoms with E-state index in [4.69, 9.17) is 5.73 Å². The number of carbonyl (C=O) groups excluding carboxylic acids is 3. The van der Waals surface area contributed by atoms with Crippen LogP contribution in [0.2, 0.25) is 0 Å². The molecule has 0 radical (unpaired) electrons. The maximum absolute atomic E-state index is 13.2. The summed E-state index contributed by atoms with van der Waals surface area (Å²) in [6.07, 6.45) is 3.42. The van der Waals surface area contributed by atoms with E-state index in [0.29, 0.717) is 27.9 Å². The first-order chi connectivity index (χ1) is 14.9. The van der Waals surface area contributed by atoms with Gasteiger partial charge < -0.3 is 16.4 Å². The highest BCUT2D eigenvalue weighted by atomic mass is 16.2. The van der Waals surface area contributed by atoms with Gasteiger partial charge in [-0.3, -0.25) is 14.4 Å². The molecule has 1 atom stereocenters. The molecule has 0 unspecified atom stereocenters. The first kappa shape index (κ1) is 21.2. The van der Waals surface area contributed by atoms with Crippen LogP contribution in [0, 0.1) is 5.92 Å². The molecule has 1 saturated carbocycles. The minimum absolute atomic E-state index is 0.0914. The van der Waals surface area contributed by atoms with Gasteiger partial charge in [0.2, 0.25) is 5.91 Å². The van der Waals surface area contributed by atoms with Gasteiger partial charge in [-0.25, -0.2) is 0 Å². The number of carbonyl (C=O) groups is 3. The lowest BCUT2D eigenvalue weighted by Crippen LogP contribution is -2.49. The largest absolute Gasteiger partial charge is 0.382 e. The average molecular weight is 420 g/mol. The third-order valence-corrected chi connectivity index (χ3v) is 6.41. The summed E-state index contributed by atoms with van der Waals surface area (Å²) in [7, 11) is 0. The van der Waals surface area contributed by atoms with Gasteiger partial charge in [0, 0.05) is 34.5 Å². The normalized spacial score (nSPS) is 21.3. The van der Waals surface area contributed by atoms with Gasteiger partial charge >= 0.3 is 0 Å². The fourth-order valence-electron chi connectivity index (χ4n) is 4.47. The summed E-state index contributed by atoms with van der Waals surface area (Å²) in [6.45, 7) is 3.88. The highest BCUT2D eigenvalue weighted by molar-refractivity contribution is 6.30. The van der Waals surface area contributed by atoms with E-state index in [-0.39, 0.29) is 35.5 Å². The molecule has 4 N–H and O–H groups in total. The molecule has 1 amide bonds. The Labute approximate surface area is 182 Å². The molecule has 31 heavy (non-hydrogen) atoms. The Morgan fingerprint density at radius 3 is 2.10 bits per heavy atom. The van der Waals surface area contributed by atoms with Gasteiger partial charge in [-0.1, -0.05) is 50.2 Å². The Hall–Kier alpha value is -2.99. The van der Waals surface area contributed by atoms with Crippen LogP contribution in [0.25, 0.3) is 0 Å².